The van der Waals surface area contributed by atoms with Crippen molar-refractivity contribution >= 4 is 15.8 Å². The van der Waals surface area contributed by atoms with E-state index in [1.54, 1.807) is 43.6 Å². The van der Waals surface area contributed by atoms with Crippen molar-refractivity contribution in [3.63, 3.8) is 0 Å². The van der Waals surface area contributed by atoms with Crippen LogP contribution < -0.4 is 5.32 Å². The molecule has 1 aliphatic rings. The molecule has 39 heavy (non-hydrogen) atoms. The molecule has 0 saturated carbocycles. The van der Waals surface area contributed by atoms with Gasteiger partial charge < -0.3 is 14.8 Å². The number of aliphatic hydroxyl groups excluding tert-OH is 1. The molecule has 13 heteroatoms. The molecule has 0 amide bonds. The van der Waals surface area contributed by atoms with E-state index in [-0.39, 0.29) is 30.2 Å². The first kappa shape index (κ1) is 26.8. The van der Waals surface area contributed by atoms with Gasteiger partial charge in [-0.1, -0.05) is 12.1 Å². The lowest BCUT2D eigenvalue weighted by Crippen LogP contribution is -2.51. The number of rotatable bonds is 6. The van der Waals surface area contributed by atoms with Crippen LogP contribution in [0.15, 0.2) is 76.4 Å². The number of oxazole rings is 1. The fourth-order valence-corrected chi connectivity index (χ4v) is 5.77. The standard InChI is InChI=1S/C26H24F3N5O4S/c1-16-13-32-25(38-16)22-12-18(8-10-30-22)17-2-5-20(6-3-17)39(36,37)34-11-9-21(23(35)15-34)33-24-7-4-19(14-31-24)26(27,28)29/h2-8,10,12-14,21,23,35H,9,11,15H2,1H3,(H,31,33)/t21-,23+/m1/s1. The second-order valence-electron chi connectivity index (χ2n) is 9.13. The summed E-state index contributed by atoms with van der Waals surface area (Å²) in [6.45, 7) is 1.72. The zero-order chi connectivity index (χ0) is 27.8. The SMILES string of the molecule is Cc1cnc(-c2cc(-c3ccc(S(=O)(=O)N4CC[C@@H](Nc5ccc(C(F)(F)F)cn5)[C@@H](O)C4)cc3)ccn2)o1. The summed E-state index contributed by atoms with van der Waals surface area (Å²) in [5.74, 6) is 1.21. The number of aliphatic hydroxyl groups is 1. The molecule has 0 unspecified atom stereocenters. The van der Waals surface area contributed by atoms with E-state index < -0.39 is 33.9 Å². The number of sulfonamides is 1. The van der Waals surface area contributed by atoms with Gasteiger partial charge in [0.2, 0.25) is 15.9 Å². The third kappa shape index (κ3) is 5.79. The van der Waals surface area contributed by atoms with Gasteiger partial charge in [0.1, 0.15) is 17.3 Å². The fourth-order valence-electron chi connectivity index (χ4n) is 4.29. The van der Waals surface area contributed by atoms with E-state index in [0.29, 0.717) is 23.5 Å². The monoisotopic (exact) mass is 559 g/mol. The third-order valence-electron chi connectivity index (χ3n) is 6.39. The first-order valence-electron chi connectivity index (χ1n) is 12.0. The average Bonchev–Trinajstić information content (AvgIpc) is 3.36. The lowest BCUT2D eigenvalue weighted by Gasteiger charge is -2.35. The predicted molar refractivity (Wildman–Crippen MR) is 136 cm³/mol. The molecule has 204 valence electrons. The minimum absolute atomic E-state index is 0.0758. The van der Waals surface area contributed by atoms with E-state index >= 15 is 0 Å². The Hall–Kier alpha value is -3.81. The van der Waals surface area contributed by atoms with Gasteiger partial charge in [-0.2, -0.15) is 17.5 Å². The Bertz CT molecular complexity index is 1560. The van der Waals surface area contributed by atoms with E-state index in [1.807, 2.05) is 0 Å². The minimum atomic E-state index is -4.50. The molecule has 1 fully saturated rings. The molecule has 1 aliphatic heterocycles. The molecule has 5 rings (SSSR count). The van der Waals surface area contributed by atoms with Gasteiger partial charge in [0.05, 0.1) is 28.8 Å². The van der Waals surface area contributed by atoms with Gasteiger partial charge in [0, 0.05) is 25.5 Å². The van der Waals surface area contributed by atoms with Crippen LogP contribution in [-0.2, 0) is 16.2 Å². The molecule has 4 aromatic rings. The minimum Gasteiger partial charge on any atom is -0.440 e. The fraction of sp³-hybridized carbons (Fsp3) is 0.269. The van der Waals surface area contributed by atoms with Crippen molar-refractivity contribution in [1.82, 2.24) is 19.3 Å². The number of pyridine rings is 2. The summed E-state index contributed by atoms with van der Waals surface area (Å²) >= 11 is 0. The number of halogens is 3. The summed E-state index contributed by atoms with van der Waals surface area (Å²) in [6.07, 6.45) is -1.42. The first-order chi connectivity index (χ1) is 18.5. The highest BCUT2D eigenvalue weighted by Crippen LogP contribution is 2.30. The Balaban J connectivity index is 1.25. The van der Waals surface area contributed by atoms with Gasteiger partial charge >= 0.3 is 6.18 Å². The van der Waals surface area contributed by atoms with Gasteiger partial charge in [-0.3, -0.25) is 4.98 Å². The normalized spacial score (nSPS) is 18.7. The second-order valence-corrected chi connectivity index (χ2v) is 11.1. The van der Waals surface area contributed by atoms with Crippen LogP contribution in [0.2, 0.25) is 0 Å². The number of piperidine rings is 1. The van der Waals surface area contributed by atoms with Gasteiger partial charge in [-0.15, -0.1) is 0 Å². The molecule has 0 bridgehead atoms. The number of nitrogens with zero attached hydrogens (tertiary/aromatic N) is 4. The van der Waals surface area contributed by atoms with Crippen LogP contribution in [0.5, 0.6) is 0 Å². The van der Waals surface area contributed by atoms with E-state index in [1.165, 1.54) is 22.5 Å². The highest BCUT2D eigenvalue weighted by Gasteiger charge is 2.35. The lowest BCUT2D eigenvalue weighted by atomic mass is 10.0. The Labute approximate surface area is 222 Å². The Kier molecular flexibility index (Phi) is 7.14. The maximum Gasteiger partial charge on any atom is 0.417 e. The lowest BCUT2D eigenvalue weighted by molar-refractivity contribution is -0.137. The van der Waals surface area contributed by atoms with Crippen molar-refractivity contribution in [2.75, 3.05) is 18.4 Å². The van der Waals surface area contributed by atoms with Crippen molar-refractivity contribution in [2.24, 2.45) is 0 Å². The molecule has 4 heterocycles. The summed E-state index contributed by atoms with van der Waals surface area (Å²) < 4.78 is 71.5. The summed E-state index contributed by atoms with van der Waals surface area (Å²) in [7, 11) is -3.89. The summed E-state index contributed by atoms with van der Waals surface area (Å²) in [6, 6.07) is 11.5. The van der Waals surface area contributed by atoms with E-state index in [4.69, 9.17) is 4.42 Å². The molecule has 3 aromatic heterocycles. The number of hydrogen-bond acceptors (Lipinski definition) is 8. The molecular weight excluding hydrogens is 535 g/mol. The highest BCUT2D eigenvalue weighted by molar-refractivity contribution is 7.89. The number of anilines is 1. The molecule has 9 nitrogen and oxygen atoms in total. The van der Waals surface area contributed by atoms with Crippen molar-refractivity contribution in [3.05, 3.63) is 78.4 Å². The smallest absolute Gasteiger partial charge is 0.417 e. The molecule has 0 aliphatic carbocycles. The predicted octanol–water partition coefficient (Wildman–Crippen LogP) is 4.36. The van der Waals surface area contributed by atoms with Crippen LogP contribution in [0.25, 0.3) is 22.7 Å². The number of aromatic nitrogens is 3. The molecule has 1 saturated heterocycles. The van der Waals surface area contributed by atoms with Crippen LogP contribution in [-0.4, -0.2) is 58.0 Å². The molecule has 2 atom stereocenters. The molecular formula is C26H24F3N5O4S. The van der Waals surface area contributed by atoms with E-state index in [9.17, 15) is 26.7 Å². The number of alkyl halides is 3. The van der Waals surface area contributed by atoms with Crippen molar-refractivity contribution < 1.29 is 31.1 Å². The number of aryl methyl sites for hydroxylation is 1. The van der Waals surface area contributed by atoms with E-state index in [0.717, 1.165) is 17.2 Å². The van der Waals surface area contributed by atoms with Crippen molar-refractivity contribution in [2.45, 2.75) is 36.6 Å². The number of nitrogens with one attached hydrogen (secondary N) is 1. The van der Waals surface area contributed by atoms with Crippen molar-refractivity contribution in [1.29, 1.82) is 0 Å². The molecule has 2 N–H and O–H groups in total. The highest BCUT2D eigenvalue weighted by atomic mass is 32.2. The second kappa shape index (κ2) is 10.4. The van der Waals surface area contributed by atoms with Crippen LogP contribution >= 0.6 is 0 Å². The zero-order valence-corrected chi connectivity index (χ0v) is 21.4. The first-order valence-corrected chi connectivity index (χ1v) is 13.4. The summed E-state index contributed by atoms with van der Waals surface area (Å²) in [5, 5.41) is 13.5. The van der Waals surface area contributed by atoms with Gasteiger partial charge in [0.25, 0.3) is 0 Å². The van der Waals surface area contributed by atoms with Gasteiger partial charge in [-0.05, 0) is 60.9 Å². The summed E-state index contributed by atoms with van der Waals surface area (Å²) in [5.41, 5.74) is 1.25. The quantitative estimate of drug-likeness (QED) is 0.358. The Morgan fingerprint density at radius 2 is 1.79 bits per heavy atom. The zero-order valence-electron chi connectivity index (χ0n) is 20.6. The topological polar surface area (TPSA) is 121 Å². The maximum atomic E-state index is 13.3. The van der Waals surface area contributed by atoms with E-state index in [2.05, 4.69) is 20.3 Å². The van der Waals surface area contributed by atoms with Crippen LogP contribution in [0, 0.1) is 6.92 Å². The number of benzene rings is 1. The van der Waals surface area contributed by atoms with Crippen LogP contribution in [0.4, 0.5) is 19.0 Å². The molecule has 0 radical (unpaired) electrons. The van der Waals surface area contributed by atoms with Gasteiger partial charge in [0.15, 0.2) is 0 Å². The third-order valence-corrected chi connectivity index (χ3v) is 8.27. The molecule has 1 aromatic carbocycles. The Morgan fingerprint density at radius 1 is 1.03 bits per heavy atom. The van der Waals surface area contributed by atoms with Crippen LogP contribution in [0.1, 0.15) is 17.7 Å². The molecule has 0 spiro atoms. The maximum absolute atomic E-state index is 13.3. The largest absolute Gasteiger partial charge is 0.440 e. The number of β-amino-alcohol motifs (C(OH)–C–C–N with tert-alkyl or cyclic N) is 1. The van der Waals surface area contributed by atoms with Gasteiger partial charge in [-0.25, -0.2) is 18.4 Å². The Morgan fingerprint density at radius 3 is 2.41 bits per heavy atom. The van der Waals surface area contributed by atoms with Crippen LogP contribution in [0.3, 0.4) is 0 Å². The number of hydrogen-bond donors (Lipinski definition) is 2. The summed E-state index contributed by atoms with van der Waals surface area (Å²) in [4.78, 5) is 12.3. The average molecular weight is 560 g/mol. The van der Waals surface area contributed by atoms with Crippen molar-refractivity contribution in [3.8, 4) is 22.7 Å².